The largest absolute Gasteiger partial charge is 0.348 e. The lowest BCUT2D eigenvalue weighted by atomic mass is 10.00. The summed E-state index contributed by atoms with van der Waals surface area (Å²) in [4.78, 5) is 12.6. The van der Waals surface area contributed by atoms with Crippen molar-refractivity contribution in [1.82, 2.24) is 10.6 Å². The molecule has 2 amide bonds. The molecule has 0 saturated carbocycles. The first kappa shape index (κ1) is 20.9. The average Bonchev–Trinajstić information content (AvgIpc) is 2.90. The first-order valence-electron chi connectivity index (χ1n) is 9.25. The van der Waals surface area contributed by atoms with E-state index >= 15 is 0 Å². The molecule has 0 spiro atoms. The summed E-state index contributed by atoms with van der Waals surface area (Å²) < 4.78 is 11.9. The highest BCUT2D eigenvalue weighted by Crippen LogP contribution is 2.28. The van der Waals surface area contributed by atoms with Crippen LogP contribution in [0.15, 0.2) is 72.0 Å². The zero-order valence-corrected chi connectivity index (χ0v) is 16.6. The van der Waals surface area contributed by atoms with E-state index in [1.807, 2.05) is 58.1 Å². The van der Waals surface area contributed by atoms with Gasteiger partial charge in [-0.3, -0.25) is 0 Å². The van der Waals surface area contributed by atoms with Gasteiger partial charge >= 0.3 is 6.03 Å². The van der Waals surface area contributed by atoms with Gasteiger partial charge in [0.25, 0.3) is 0 Å². The van der Waals surface area contributed by atoms with Gasteiger partial charge in [-0.2, -0.15) is 0 Å². The maximum Gasteiger partial charge on any atom is 0.319 e. The summed E-state index contributed by atoms with van der Waals surface area (Å²) in [5.74, 6) is -0.710. The molecule has 2 rings (SSSR count). The molecule has 5 nitrogen and oxygen atoms in total. The zero-order valence-electron chi connectivity index (χ0n) is 16.6. The second-order valence-electron chi connectivity index (χ2n) is 6.99. The van der Waals surface area contributed by atoms with Gasteiger partial charge in [0, 0.05) is 5.70 Å². The Morgan fingerprint density at radius 1 is 1.37 bits per heavy atom. The molecule has 1 heterocycles. The van der Waals surface area contributed by atoms with E-state index in [0.717, 1.165) is 17.6 Å². The molecule has 2 unspecified atom stereocenters. The second-order valence-corrected chi connectivity index (χ2v) is 6.99. The number of hydrogen-bond acceptors (Lipinski definition) is 3. The monoisotopic (exact) mass is 370 g/mol. The average molecular weight is 370 g/mol. The Morgan fingerprint density at radius 2 is 2.15 bits per heavy atom. The van der Waals surface area contributed by atoms with Crippen molar-refractivity contribution in [1.29, 1.82) is 0 Å². The summed E-state index contributed by atoms with van der Waals surface area (Å²) >= 11 is 0. The van der Waals surface area contributed by atoms with Gasteiger partial charge in [-0.05, 0) is 51.3 Å². The second kappa shape index (κ2) is 9.53. The van der Waals surface area contributed by atoms with Crippen molar-refractivity contribution in [3.05, 3.63) is 72.0 Å². The van der Waals surface area contributed by atoms with Gasteiger partial charge in [0.1, 0.15) is 6.10 Å². The third kappa shape index (κ3) is 6.08. The van der Waals surface area contributed by atoms with E-state index in [0.29, 0.717) is 12.3 Å². The van der Waals surface area contributed by atoms with Crippen LogP contribution in [0, 0.1) is 0 Å². The quantitative estimate of drug-likeness (QED) is 0.710. The van der Waals surface area contributed by atoms with Crippen molar-refractivity contribution in [3.63, 3.8) is 0 Å². The van der Waals surface area contributed by atoms with E-state index in [-0.39, 0.29) is 18.2 Å². The van der Waals surface area contributed by atoms with Gasteiger partial charge < -0.3 is 20.1 Å². The molecular weight excluding hydrogens is 340 g/mol. The minimum absolute atomic E-state index is 0.300. The Hall–Kier alpha value is -2.37. The van der Waals surface area contributed by atoms with E-state index in [4.69, 9.17) is 9.47 Å². The predicted molar refractivity (Wildman–Crippen MR) is 109 cm³/mol. The van der Waals surface area contributed by atoms with Gasteiger partial charge in [-0.25, -0.2) is 4.79 Å². The van der Waals surface area contributed by atoms with Gasteiger partial charge in [0.15, 0.2) is 5.79 Å². The molecule has 0 bridgehead atoms. The fourth-order valence-electron chi connectivity index (χ4n) is 2.98. The lowest BCUT2D eigenvalue weighted by molar-refractivity contribution is -0.272. The standard InChI is InChI=1S/C22H30N2O3/c1-6-12-16(3)18(7-2)23-21(25)24-19-15-26-22(4,5)27-20(19)17-13-10-8-9-11-14-17/h6-8,10-14,19-20H,2,9,15H2,1,3-5H3,(H2,23,24,25)/b12-6-,18-16+. The number of urea groups is 1. The van der Waals surface area contributed by atoms with Crippen LogP contribution >= 0.6 is 0 Å². The van der Waals surface area contributed by atoms with E-state index in [1.54, 1.807) is 6.08 Å². The SMILES string of the molecule is C=C/C(NC(=O)NC1COC(C)(C)OC1C1=CC=CCC=C1)=C(C)\C=C/C. The Kier molecular flexibility index (Phi) is 7.39. The maximum absolute atomic E-state index is 12.6. The van der Waals surface area contributed by atoms with Crippen LogP contribution in [0.3, 0.4) is 0 Å². The molecule has 2 N–H and O–H groups in total. The van der Waals surface area contributed by atoms with Gasteiger partial charge in [-0.15, -0.1) is 0 Å². The number of allylic oxidation sites excluding steroid dienone is 8. The van der Waals surface area contributed by atoms with Crippen molar-refractivity contribution in [3.8, 4) is 0 Å². The lowest BCUT2D eigenvalue weighted by Gasteiger charge is -2.41. The molecule has 0 aromatic carbocycles. The summed E-state index contributed by atoms with van der Waals surface area (Å²) in [7, 11) is 0. The molecule has 146 valence electrons. The number of carbonyl (C=O) groups excluding carboxylic acids is 1. The van der Waals surface area contributed by atoms with Gasteiger partial charge in [0.05, 0.1) is 12.6 Å². The Labute approximate surface area is 162 Å². The molecule has 1 fully saturated rings. The van der Waals surface area contributed by atoms with Crippen molar-refractivity contribution in [2.45, 2.75) is 52.0 Å². The summed E-state index contributed by atoms with van der Waals surface area (Å²) in [5, 5.41) is 5.83. The van der Waals surface area contributed by atoms with Crippen LogP contribution in [0.2, 0.25) is 0 Å². The molecule has 1 saturated heterocycles. The minimum Gasteiger partial charge on any atom is -0.348 e. The van der Waals surface area contributed by atoms with E-state index in [1.165, 1.54) is 0 Å². The number of carbonyl (C=O) groups is 1. The van der Waals surface area contributed by atoms with Crippen LogP contribution in [0.5, 0.6) is 0 Å². The summed E-state index contributed by atoms with van der Waals surface area (Å²) in [6, 6.07) is -0.627. The van der Waals surface area contributed by atoms with Crippen LogP contribution in [0.4, 0.5) is 4.79 Å². The topological polar surface area (TPSA) is 59.6 Å². The van der Waals surface area contributed by atoms with Gasteiger partial charge in [-0.1, -0.05) is 49.1 Å². The first-order chi connectivity index (χ1) is 12.9. The van der Waals surface area contributed by atoms with Crippen molar-refractivity contribution in [2.24, 2.45) is 0 Å². The smallest absolute Gasteiger partial charge is 0.319 e. The molecule has 5 heteroatoms. The molecule has 0 aromatic rings. The number of hydrogen-bond donors (Lipinski definition) is 2. The molecule has 1 aliphatic heterocycles. The van der Waals surface area contributed by atoms with E-state index < -0.39 is 5.79 Å². The van der Waals surface area contributed by atoms with Crippen LogP contribution in [0.25, 0.3) is 0 Å². The first-order valence-corrected chi connectivity index (χ1v) is 9.25. The molecular formula is C22H30N2O3. The minimum atomic E-state index is -0.710. The van der Waals surface area contributed by atoms with Crippen LogP contribution in [-0.2, 0) is 9.47 Å². The van der Waals surface area contributed by atoms with Crippen LogP contribution in [-0.4, -0.2) is 30.6 Å². The number of amides is 2. The summed E-state index contributed by atoms with van der Waals surface area (Å²) in [6.45, 7) is 11.7. The molecule has 27 heavy (non-hydrogen) atoms. The van der Waals surface area contributed by atoms with Gasteiger partial charge in [0.2, 0.25) is 0 Å². The third-order valence-corrected chi connectivity index (χ3v) is 4.33. The summed E-state index contributed by atoms with van der Waals surface area (Å²) in [6.07, 6.45) is 16.3. The zero-order chi connectivity index (χ0) is 19.9. The number of nitrogens with one attached hydrogen (secondary N) is 2. The normalized spacial score (nSPS) is 25.4. The highest BCUT2D eigenvalue weighted by molar-refractivity contribution is 5.77. The van der Waals surface area contributed by atoms with Crippen molar-refractivity contribution < 1.29 is 14.3 Å². The Morgan fingerprint density at radius 3 is 2.85 bits per heavy atom. The van der Waals surface area contributed by atoms with E-state index in [2.05, 4.69) is 29.4 Å². The lowest BCUT2D eigenvalue weighted by Crippen LogP contribution is -2.57. The fraction of sp³-hybridized carbons (Fsp3) is 0.409. The molecule has 1 aliphatic carbocycles. The molecule has 2 atom stereocenters. The van der Waals surface area contributed by atoms with Crippen molar-refractivity contribution in [2.75, 3.05) is 6.61 Å². The fourth-order valence-corrected chi connectivity index (χ4v) is 2.98. The molecule has 0 aromatic heterocycles. The summed E-state index contributed by atoms with van der Waals surface area (Å²) in [5.41, 5.74) is 2.60. The molecule has 2 aliphatic rings. The van der Waals surface area contributed by atoms with Crippen molar-refractivity contribution >= 4 is 6.03 Å². The maximum atomic E-state index is 12.6. The predicted octanol–water partition coefficient (Wildman–Crippen LogP) is 4.28. The Balaban J connectivity index is 2.15. The van der Waals surface area contributed by atoms with Crippen LogP contribution < -0.4 is 10.6 Å². The molecule has 0 radical (unpaired) electrons. The highest BCUT2D eigenvalue weighted by atomic mass is 16.7. The van der Waals surface area contributed by atoms with Crippen LogP contribution in [0.1, 0.15) is 34.1 Å². The highest BCUT2D eigenvalue weighted by Gasteiger charge is 2.38. The Bertz CT molecular complexity index is 711. The van der Waals surface area contributed by atoms with E-state index in [9.17, 15) is 4.79 Å². The third-order valence-electron chi connectivity index (χ3n) is 4.33. The number of ether oxygens (including phenoxy) is 2. The number of rotatable bonds is 5.